The highest BCUT2D eigenvalue weighted by Gasteiger charge is 2.11. The zero-order valence-corrected chi connectivity index (χ0v) is 13.8. The first-order valence-electron chi connectivity index (χ1n) is 7.52. The van der Waals surface area contributed by atoms with Gasteiger partial charge in [0.1, 0.15) is 0 Å². The van der Waals surface area contributed by atoms with Crippen LogP contribution in [0.4, 0.5) is 5.69 Å². The van der Waals surface area contributed by atoms with E-state index in [9.17, 15) is 0 Å². The second-order valence-electron chi connectivity index (χ2n) is 5.95. The van der Waals surface area contributed by atoms with E-state index in [2.05, 4.69) is 80.6 Å². The Bertz CT molecular complexity index is 602. The molecule has 1 unspecified atom stereocenters. The van der Waals surface area contributed by atoms with Gasteiger partial charge >= 0.3 is 0 Å². The number of nitrogens with zero attached hydrogens (tertiary/aromatic N) is 1. The van der Waals surface area contributed by atoms with Crippen molar-refractivity contribution in [1.29, 1.82) is 0 Å². The van der Waals surface area contributed by atoms with Crippen molar-refractivity contribution in [2.75, 3.05) is 26.0 Å². The van der Waals surface area contributed by atoms with Crippen LogP contribution in [0.1, 0.15) is 28.3 Å². The standard InChI is InChI=1S/C19H26N2/c1-14-9-10-16(11-15(14)2)12-19(20-3)17-7-6-8-18(13-17)21(4)5/h6-11,13,19-20H,12H2,1-5H3. The molecule has 0 saturated heterocycles. The molecular weight excluding hydrogens is 256 g/mol. The second-order valence-corrected chi connectivity index (χ2v) is 5.95. The molecule has 0 amide bonds. The first kappa shape index (κ1) is 15.6. The lowest BCUT2D eigenvalue weighted by molar-refractivity contribution is 0.592. The molecule has 0 aromatic heterocycles. The highest BCUT2D eigenvalue weighted by Crippen LogP contribution is 2.23. The van der Waals surface area contributed by atoms with E-state index in [4.69, 9.17) is 0 Å². The summed E-state index contributed by atoms with van der Waals surface area (Å²) in [6.07, 6.45) is 1.01. The van der Waals surface area contributed by atoms with E-state index in [-0.39, 0.29) is 0 Å². The van der Waals surface area contributed by atoms with Gasteiger partial charge in [-0.1, -0.05) is 30.3 Å². The van der Waals surface area contributed by atoms with Crippen LogP contribution in [0.25, 0.3) is 0 Å². The molecule has 0 heterocycles. The summed E-state index contributed by atoms with van der Waals surface area (Å²) in [6, 6.07) is 15.8. The molecule has 2 heteroatoms. The first-order chi connectivity index (χ1) is 10.0. The molecule has 0 radical (unpaired) electrons. The van der Waals surface area contributed by atoms with Gasteiger partial charge < -0.3 is 10.2 Å². The van der Waals surface area contributed by atoms with E-state index < -0.39 is 0 Å². The van der Waals surface area contributed by atoms with Crippen LogP contribution in [0.15, 0.2) is 42.5 Å². The van der Waals surface area contributed by atoms with Crippen molar-refractivity contribution in [1.82, 2.24) is 5.32 Å². The Kier molecular flexibility index (Phi) is 5.03. The Morgan fingerprint density at radius 3 is 2.38 bits per heavy atom. The maximum Gasteiger partial charge on any atom is 0.0364 e. The maximum atomic E-state index is 3.45. The van der Waals surface area contributed by atoms with Crippen molar-refractivity contribution in [3.05, 3.63) is 64.7 Å². The number of nitrogens with one attached hydrogen (secondary N) is 1. The lowest BCUT2D eigenvalue weighted by Crippen LogP contribution is -2.19. The molecule has 2 rings (SSSR count). The van der Waals surface area contributed by atoms with Crippen LogP contribution in [0.2, 0.25) is 0 Å². The van der Waals surface area contributed by atoms with Gasteiger partial charge in [-0.15, -0.1) is 0 Å². The summed E-state index contributed by atoms with van der Waals surface area (Å²) in [4.78, 5) is 2.15. The number of hydrogen-bond donors (Lipinski definition) is 1. The zero-order valence-electron chi connectivity index (χ0n) is 13.8. The molecule has 2 aromatic rings. The zero-order chi connectivity index (χ0) is 15.4. The van der Waals surface area contributed by atoms with E-state index in [1.54, 1.807) is 0 Å². The lowest BCUT2D eigenvalue weighted by Gasteiger charge is -2.20. The highest BCUT2D eigenvalue weighted by atomic mass is 15.1. The topological polar surface area (TPSA) is 15.3 Å². The van der Waals surface area contributed by atoms with E-state index in [1.807, 2.05) is 7.05 Å². The van der Waals surface area contributed by atoms with Crippen molar-refractivity contribution >= 4 is 5.69 Å². The number of likely N-dealkylation sites (N-methyl/N-ethyl adjacent to an activating group) is 1. The number of aryl methyl sites for hydroxylation is 2. The van der Waals surface area contributed by atoms with Crippen LogP contribution < -0.4 is 10.2 Å². The van der Waals surface area contributed by atoms with Gasteiger partial charge in [-0.2, -0.15) is 0 Å². The molecule has 0 aliphatic heterocycles. The van der Waals surface area contributed by atoms with Crippen LogP contribution in [0.3, 0.4) is 0 Å². The predicted octanol–water partition coefficient (Wildman–Crippen LogP) is 3.87. The Balaban J connectivity index is 2.23. The molecule has 0 spiro atoms. The number of rotatable bonds is 5. The molecule has 1 atom stereocenters. The van der Waals surface area contributed by atoms with Crippen molar-refractivity contribution in [3.8, 4) is 0 Å². The summed E-state index contributed by atoms with van der Waals surface area (Å²) in [5, 5.41) is 3.45. The molecule has 0 aliphatic carbocycles. The number of benzene rings is 2. The quantitative estimate of drug-likeness (QED) is 0.895. The third kappa shape index (κ3) is 3.85. The van der Waals surface area contributed by atoms with Crippen molar-refractivity contribution < 1.29 is 0 Å². The SMILES string of the molecule is CNC(Cc1ccc(C)c(C)c1)c1cccc(N(C)C)c1. The Morgan fingerprint density at radius 2 is 1.76 bits per heavy atom. The van der Waals surface area contributed by atoms with Crippen LogP contribution in [0.5, 0.6) is 0 Å². The highest BCUT2D eigenvalue weighted by molar-refractivity contribution is 5.48. The molecule has 0 fully saturated rings. The van der Waals surface area contributed by atoms with Crippen molar-refractivity contribution in [2.45, 2.75) is 26.3 Å². The molecule has 0 saturated carbocycles. The van der Waals surface area contributed by atoms with E-state index in [0.29, 0.717) is 6.04 Å². The summed E-state index contributed by atoms with van der Waals surface area (Å²) in [7, 11) is 6.20. The Hall–Kier alpha value is -1.80. The van der Waals surface area contributed by atoms with Crippen LogP contribution in [-0.4, -0.2) is 21.1 Å². The molecule has 2 aromatic carbocycles. The minimum Gasteiger partial charge on any atom is -0.378 e. The molecule has 0 bridgehead atoms. The minimum absolute atomic E-state index is 0.340. The number of hydrogen-bond acceptors (Lipinski definition) is 2. The fraction of sp³-hybridized carbons (Fsp3) is 0.368. The van der Waals surface area contributed by atoms with Crippen molar-refractivity contribution in [3.63, 3.8) is 0 Å². The van der Waals surface area contributed by atoms with E-state index >= 15 is 0 Å². The molecule has 112 valence electrons. The van der Waals surface area contributed by atoms with Gasteiger partial charge in [-0.05, 0) is 61.7 Å². The van der Waals surface area contributed by atoms with Gasteiger partial charge in [0.25, 0.3) is 0 Å². The van der Waals surface area contributed by atoms with E-state index in [0.717, 1.165) is 6.42 Å². The molecule has 2 nitrogen and oxygen atoms in total. The summed E-state index contributed by atoms with van der Waals surface area (Å²) in [6.45, 7) is 4.34. The maximum absolute atomic E-state index is 3.45. The monoisotopic (exact) mass is 282 g/mol. The van der Waals surface area contributed by atoms with Crippen LogP contribution in [-0.2, 0) is 6.42 Å². The van der Waals surface area contributed by atoms with Crippen LogP contribution in [0, 0.1) is 13.8 Å². The largest absolute Gasteiger partial charge is 0.378 e. The molecule has 0 aliphatic rings. The molecular formula is C19H26N2. The average molecular weight is 282 g/mol. The van der Waals surface area contributed by atoms with Crippen LogP contribution >= 0.6 is 0 Å². The molecule has 21 heavy (non-hydrogen) atoms. The minimum atomic E-state index is 0.340. The predicted molar refractivity (Wildman–Crippen MR) is 92.2 cm³/mol. The normalized spacial score (nSPS) is 12.2. The van der Waals surface area contributed by atoms with Gasteiger partial charge in [0.2, 0.25) is 0 Å². The van der Waals surface area contributed by atoms with Crippen molar-refractivity contribution in [2.24, 2.45) is 0 Å². The smallest absolute Gasteiger partial charge is 0.0364 e. The fourth-order valence-corrected chi connectivity index (χ4v) is 2.57. The van der Waals surface area contributed by atoms with Gasteiger partial charge in [0.15, 0.2) is 0 Å². The lowest BCUT2D eigenvalue weighted by atomic mass is 9.96. The molecule has 1 N–H and O–H groups in total. The van der Waals surface area contributed by atoms with Gasteiger partial charge in [0, 0.05) is 25.8 Å². The van der Waals surface area contributed by atoms with Gasteiger partial charge in [-0.3, -0.25) is 0 Å². The summed E-state index contributed by atoms with van der Waals surface area (Å²) in [5.74, 6) is 0. The summed E-state index contributed by atoms with van der Waals surface area (Å²) >= 11 is 0. The average Bonchev–Trinajstić information content (AvgIpc) is 2.48. The Morgan fingerprint density at radius 1 is 1.00 bits per heavy atom. The van der Waals surface area contributed by atoms with Gasteiger partial charge in [0.05, 0.1) is 0 Å². The fourth-order valence-electron chi connectivity index (χ4n) is 2.57. The second kappa shape index (κ2) is 6.77. The number of anilines is 1. The summed E-state index contributed by atoms with van der Waals surface area (Å²) < 4.78 is 0. The third-order valence-corrected chi connectivity index (χ3v) is 4.15. The van der Waals surface area contributed by atoms with Gasteiger partial charge in [-0.25, -0.2) is 0 Å². The third-order valence-electron chi connectivity index (χ3n) is 4.15. The first-order valence-corrected chi connectivity index (χ1v) is 7.52. The van der Waals surface area contributed by atoms with E-state index in [1.165, 1.54) is 27.9 Å². The summed E-state index contributed by atoms with van der Waals surface area (Å²) in [5.41, 5.74) is 6.68. The Labute approximate surface area is 128 Å².